The number of aryl methyl sites for hydroxylation is 1. The molecule has 0 N–H and O–H groups in total. The Balaban J connectivity index is 1.92. The summed E-state index contributed by atoms with van der Waals surface area (Å²) < 4.78 is 5.94. The van der Waals surface area contributed by atoms with Crippen LogP contribution in [0.3, 0.4) is 0 Å². The molecule has 1 heteroatoms. The quantitative estimate of drug-likeness (QED) is 0.540. The van der Waals surface area contributed by atoms with E-state index in [1.54, 1.807) is 0 Å². The zero-order chi connectivity index (χ0) is 14.4. The van der Waals surface area contributed by atoms with Crippen molar-refractivity contribution in [3.8, 4) is 0 Å². The Hall–Kier alpha value is -2.28. The topological polar surface area (TPSA) is 13.1 Å². The molecule has 0 saturated carbocycles. The van der Waals surface area contributed by atoms with Crippen LogP contribution >= 0.6 is 0 Å². The van der Waals surface area contributed by atoms with Crippen LogP contribution in [0.1, 0.15) is 24.5 Å². The average Bonchev–Trinajstić information content (AvgIpc) is 2.84. The highest BCUT2D eigenvalue weighted by Gasteiger charge is 2.12. The van der Waals surface area contributed by atoms with Gasteiger partial charge in [-0.25, -0.2) is 0 Å². The van der Waals surface area contributed by atoms with Gasteiger partial charge in [-0.2, -0.15) is 0 Å². The van der Waals surface area contributed by atoms with Crippen molar-refractivity contribution in [2.45, 2.75) is 20.3 Å². The van der Waals surface area contributed by atoms with Crippen molar-refractivity contribution in [3.05, 3.63) is 65.8 Å². The van der Waals surface area contributed by atoms with Crippen molar-refractivity contribution in [2.75, 3.05) is 0 Å². The number of hydrogen-bond acceptors (Lipinski definition) is 1. The van der Waals surface area contributed by atoms with Gasteiger partial charge in [0, 0.05) is 10.8 Å². The number of allylic oxidation sites excluding steroid dienone is 4. The maximum atomic E-state index is 5.94. The molecule has 1 aliphatic rings. The minimum Gasteiger partial charge on any atom is -0.456 e. The van der Waals surface area contributed by atoms with Crippen molar-refractivity contribution in [1.82, 2.24) is 0 Å². The van der Waals surface area contributed by atoms with Crippen LogP contribution in [-0.4, -0.2) is 0 Å². The molecule has 0 saturated heterocycles. The Labute approximate surface area is 124 Å². The lowest BCUT2D eigenvalue weighted by atomic mass is 9.90. The SMILES string of the molecule is Cc1ccc2oc3ccc(C4=CC=CC(C)C4)cc3c2c1. The maximum Gasteiger partial charge on any atom is 0.135 e. The van der Waals surface area contributed by atoms with Crippen LogP contribution in [0.25, 0.3) is 27.5 Å². The number of rotatable bonds is 1. The summed E-state index contributed by atoms with van der Waals surface area (Å²) in [4.78, 5) is 0. The van der Waals surface area contributed by atoms with Crippen LogP contribution in [-0.2, 0) is 0 Å². The lowest BCUT2D eigenvalue weighted by Gasteiger charge is -2.14. The second-order valence-electron chi connectivity index (χ2n) is 6.07. The zero-order valence-electron chi connectivity index (χ0n) is 12.4. The van der Waals surface area contributed by atoms with E-state index in [4.69, 9.17) is 4.42 Å². The molecule has 1 unspecified atom stereocenters. The summed E-state index contributed by atoms with van der Waals surface area (Å²) in [6.07, 6.45) is 7.77. The molecule has 0 spiro atoms. The number of fused-ring (bicyclic) bond motifs is 3. The molecule has 4 rings (SSSR count). The summed E-state index contributed by atoms with van der Waals surface area (Å²) in [5.74, 6) is 0.615. The van der Waals surface area contributed by atoms with E-state index < -0.39 is 0 Å². The van der Waals surface area contributed by atoms with Crippen molar-refractivity contribution in [1.29, 1.82) is 0 Å². The van der Waals surface area contributed by atoms with E-state index in [2.05, 4.69) is 68.5 Å². The molecular formula is C20H18O. The van der Waals surface area contributed by atoms with Gasteiger partial charge in [-0.1, -0.05) is 42.8 Å². The fourth-order valence-electron chi connectivity index (χ4n) is 3.15. The normalized spacial score (nSPS) is 18.4. The van der Waals surface area contributed by atoms with Gasteiger partial charge in [-0.15, -0.1) is 0 Å². The standard InChI is InChI=1S/C20H18O/c1-13-4-3-5-15(10-13)16-7-9-20-18(12-16)17-11-14(2)6-8-19(17)21-20/h3-9,11-13H,10H2,1-2H3. The molecule has 1 heterocycles. The van der Waals surface area contributed by atoms with E-state index in [9.17, 15) is 0 Å². The van der Waals surface area contributed by atoms with Crippen LogP contribution in [0, 0.1) is 12.8 Å². The van der Waals surface area contributed by atoms with Gasteiger partial charge in [0.2, 0.25) is 0 Å². The average molecular weight is 274 g/mol. The van der Waals surface area contributed by atoms with Crippen LogP contribution in [0.4, 0.5) is 0 Å². The predicted molar refractivity (Wildman–Crippen MR) is 89.4 cm³/mol. The highest BCUT2D eigenvalue weighted by Crippen LogP contribution is 2.34. The highest BCUT2D eigenvalue weighted by atomic mass is 16.3. The Morgan fingerprint density at radius 1 is 1.00 bits per heavy atom. The monoisotopic (exact) mass is 274 g/mol. The molecule has 1 atom stereocenters. The molecule has 0 radical (unpaired) electrons. The Kier molecular flexibility index (Phi) is 2.75. The zero-order valence-corrected chi connectivity index (χ0v) is 12.4. The van der Waals surface area contributed by atoms with E-state index in [1.807, 2.05) is 0 Å². The molecule has 2 aromatic carbocycles. The lowest BCUT2D eigenvalue weighted by Crippen LogP contribution is -1.96. The van der Waals surface area contributed by atoms with E-state index in [0.717, 1.165) is 17.6 Å². The van der Waals surface area contributed by atoms with E-state index in [-0.39, 0.29) is 0 Å². The molecular weight excluding hydrogens is 256 g/mol. The highest BCUT2D eigenvalue weighted by molar-refractivity contribution is 6.06. The van der Waals surface area contributed by atoms with E-state index in [1.165, 1.54) is 27.5 Å². The van der Waals surface area contributed by atoms with Crippen molar-refractivity contribution < 1.29 is 4.42 Å². The minimum atomic E-state index is 0.615. The Morgan fingerprint density at radius 2 is 1.76 bits per heavy atom. The maximum absolute atomic E-state index is 5.94. The number of hydrogen-bond donors (Lipinski definition) is 0. The molecule has 1 aliphatic carbocycles. The smallest absolute Gasteiger partial charge is 0.135 e. The summed E-state index contributed by atoms with van der Waals surface area (Å²) in [5.41, 5.74) is 5.93. The third-order valence-electron chi connectivity index (χ3n) is 4.27. The fourth-order valence-corrected chi connectivity index (χ4v) is 3.15. The van der Waals surface area contributed by atoms with Gasteiger partial charge in [0.15, 0.2) is 0 Å². The van der Waals surface area contributed by atoms with Gasteiger partial charge >= 0.3 is 0 Å². The Morgan fingerprint density at radius 3 is 2.57 bits per heavy atom. The first-order chi connectivity index (χ1) is 10.2. The molecule has 0 aliphatic heterocycles. The Bertz CT molecular complexity index is 893. The number of benzene rings is 2. The summed E-state index contributed by atoms with van der Waals surface area (Å²) in [6, 6.07) is 12.9. The van der Waals surface area contributed by atoms with Crippen LogP contribution in [0.5, 0.6) is 0 Å². The van der Waals surface area contributed by atoms with Gasteiger partial charge in [-0.3, -0.25) is 0 Å². The second kappa shape index (κ2) is 4.63. The van der Waals surface area contributed by atoms with Crippen LogP contribution < -0.4 is 0 Å². The summed E-state index contributed by atoms with van der Waals surface area (Å²) in [7, 11) is 0. The minimum absolute atomic E-state index is 0.615. The molecule has 1 nitrogen and oxygen atoms in total. The molecule has 0 amide bonds. The molecule has 0 bridgehead atoms. The molecule has 104 valence electrons. The van der Waals surface area contributed by atoms with Gasteiger partial charge in [-0.05, 0) is 54.7 Å². The molecule has 0 fully saturated rings. The third-order valence-corrected chi connectivity index (χ3v) is 4.27. The summed E-state index contributed by atoms with van der Waals surface area (Å²) in [5, 5.41) is 2.43. The summed E-state index contributed by atoms with van der Waals surface area (Å²) in [6.45, 7) is 4.39. The first-order valence-electron chi connectivity index (χ1n) is 7.51. The van der Waals surface area contributed by atoms with Crippen molar-refractivity contribution >= 4 is 27.5 Å². The van der Waals surface area contributed by atoms with Gasteiger partial charge in [0.05, 0.1) is 0 Å². The van der Waals surface area contributed by atoms with Gasteiger partial charge in [0.25, 0.3) is 0 Å². The largest absolute Gasteiger partial charge is 0.456 e. The summed E-state index contributed by atoms with van der Waals surface area (Å²) >= 11 is 0. The van der Waals surface area contributed by atoms with Crippen LogP contribution in [0.2, 0.25) is 0 Å². The molecule has 21 heavy (non-hydrogen) atoms. The first-order valence-corrected chi connectivity index (χ1v) is 7.51. The second-order valence-corrected chi connectivity index (χ2v) is 6.07. The third kappa shape index (κ3) is 2.09. The van der Waals surface area contributed by atoms with E-state index >= 15 is 0 Å². The molecule has 1 aromatic heterocycles. The fraction of sp³-hybridized carbons (Fsp3) is 0.200. The van der Waals surface area contributed by atoms with Crippen LogP contribution in [0.15, 0.2) is 59.0 Å². The van der Waals surface area contributed by atoms with Gasteiger partial charge in [0.1, 0.15) is 11.2 Å². The van der Waals surface area contributed by atoms with Gasteiger partial charge < -0.3 is 4.42 Å². The van der Waals surface area contributed by atoms with Crippen molar-refractivity contribution in [2.24, 2.45) is 5.92 Å². The predicted octanol–water partition coefficient (Wildman–Crippen LogP) is 5.87. The first kappa shape index (κ1) is 12.5. The number of furan rings is 1. The lowest BCUT2D eigenvalue weighted by molar-refractivity contribution is 0.669. The van der Waals surface area contributed by atoms with E-state index in [0.29, 0.717) is 5.92 Å². The molecule has 3 aromatic rings. The van der Waals surface area contributed by atoms with Crippen molar-refractivity contribution in [3.63, 3.8) is 0 Å².